The van der Waals surface area contributed by atoms with Crippen molar-refractivity contribution in [2.24, 2.45) is 5.92 Å². The molecular formula is C16H21N3O2S. The van der Waals surface area contributed by atoms with Gasteiger partial charge in [-0.15, -0.1) is 11.3 Å². The third kappa shape index (κ3) is 4.61. The Labute approximate surface area is 134 Å². The summed E-state index contributed by atoms with van der Waals surface area (Å²) < 4.78 is 0. The fraction of sp³-hybridized carbons (Fsp3) is 0.438. The lowest BCUT2D eigenvalue weighted by Crippen LogP contribution is -2.36. The number of carbonyl (C=O) groups is 1. The van der Waals surface area contributed by atoms with E-state index < -0.39 is 6.10 Å². The highest BCUT2D eigenvalue weighted by molar-refractivity contribution is 7.13. The fourth-order valence-electron chi connectivity index (χ4n) is 1.93. The number of aliphatic hydroxyl groups excluding tert-OH is 1. The topological polar surface area (TPSA) is 75.1 Å². The van der Waals surface area contributed by atoms with Gasteiger partial charge >= 0.3 is 0 Å². The zero-order valence-electron chi connectivity index (χ0n) is 12.8. The molecule has 0 saturated carbocycles. The van der Waals surface area contributed by atoms with Crippen LogP contribution < -0.4 is 5.32 Å². The number of pyridine rings is 1. The Morgan fingerprint density at radius 1 is 1.50 bits per heavy atom. The highest BCUT2D eigenvalue weighted by atomic mass is 32.1. The minimum Gasteiger partial charge on any atom is -0.391 e. The summed E-state index contributed by atoms with van der Waals surface area (Å²) in [7, 11) is 0. The number of hydrogen-bond donors (Lipinski definition) is 2. The number of nitrogens with zero attached hydrogens (tertiary/aromatic N) is 2. The van der Waals surface area contributed by atoms with E-state index in [2.05, 4.69) is 15.3 Å². The Bertz CT molecular complexity index is 600. The third-order valence-electron chi connectivity index (χ3n) is 3.61. The average Bonchev–Trinajstić information content (AvgIpc) is 3.01. The smallest absolute Gasteiger partial charge is 0.226 e. The number of carbonyl (C=O) groups excluding carboxylic acids is 1. The fourth-order valence-corrected chi connectivity index (χ4v) is 2.74. The number of aliphatic hydroxyl groups is 1. The number of aromatic nitrogens is 2. The molecule has 22 heavy (non-hydrogen) atoms. The van der Waals surface area contributed by atoms with E-state index in [9.17, 15) is 9.90 Å². The molecule has 0 fully saturated rings. The zero-order chi connectivity index (χ0) is 15.9. The van der Waals surface area contributed by atoms with Crippen molar-refractivity contribution in [3.63, 3.8) is 0 Å². The molecule has 5 nitrogen and oxygen atoms in total. The van der Waals surface area contributed by atoms with Crippen molar-refractivity contribution in [3.8, 4) is 10.6 Å². The van der Waals surface area contributed by atoms with Crippen LogP contribution in [0.4, 0.5) is 0 Å². The van der Waals surface area contributed by atoms with Gasteiger partial charge in [-0.2, -0.15) is 0 Å². The largest absolute Gasteiger partial charge is 0.391 e. The Morgan fingerprint density at radius 3 is 3.00 bits per heavy atom. The van der Waals surface area contributed by atoms with Gasteiger partial charge in [-0.1, -0.05) is 20.3 Å². The Balaban J connectivity index is 1.86. The predicted octanol–water partition coefficient (Wildman–Crippen LogP) is 2.27. The first-order chi connectivity index (χ1) is 10.6. The molecule has 0 aromatic carbocycles. The van der Waals surface area contributed by atoms with Gasteiger partial charge in [0.05, 0.1) is 18.2 Å². The minimum atomic E-state index is -0.504. The molecule has 6 heteroatoms. The van der Waals surface area contributed by atoms with Crippen LogP contribution in [0.1, 0.15) is 26.0 Å². The van der Waals surface area contributed by atoms with Crippen LogP contribution >= 0.6 is 11.3 Å². The van der Waals surface area contributed by atoms with Crippen LogP contribution in [0.5, 0.6) is 0 Å². The molecule has 2 heterocycles. The Kier molecular flexibility index (Phi) is 6.03. The molecule has 1 amide bonds. The predicted molar refractivity (Wildman–Crippen MR) is 87.5 cm³/mol. The van der Waals surface area contributed by atoms with Gasteiger partial charge in [0.25, 0.3) is 0 Å². The maximum Gasteiger partial charge on any atom is 0.226 e. The monoisotopic (exact) mass is 319 g/mol. The van der Waals surface area contributed by atoms with Crippen molar-refractivity contribution in [3.05, 3.63) is 35.6 Å². The summed E-state index contributed by atoms with van der Waals surface area (Å²) in [5.74, 6) is 0.0575. The van der Waals surface area contributed by atoms with Gasteiger partial charge in [-0.25, -0.2) is 4.98 Å². The molecule has 118 valence electrons. The van der Waals surface area contributed by atoms with Gasteiger partial charge in [0.2, 0.25) is 5.91 Å². The van der Waals surface area contributed by atoms with E-state index in [1.165, 1.54) is 11.3 Å². The molecule has 2 aromatic heterocycles. The molecule has 2 unspecified atom stereocenters. The van der Waals surface area contributed by atoms with Gasteiger partial charge in [-0.3, -0.25) is 9.78 Å². The number of hydrogen-bond acceptors (Lipinski definition) is 5. The molecule has 0 aliphatic carbocycles. The third-order valence-corrected chi connectivity index (χ3v) is 4.55. The van der Waals surface area contributed by atoms with Gasteiger partial charge in [0.15, 0.2) is 0 Å². The Morgan fingerprint density at radius 2 is 2.32 bits per heavy atom. The number of rotatable bonds is 7. The van der Waals surface area contributed by atoms with E-state index in [4.69, 9.17) is 0 Å². The zero-order valence-corrected chi connectivity index (χ0v) is 13.6. The molecule has 2 rings (SSSR count). The quantitative estimate of drug-likeness (QED) is 0.821. The summed E-state index contributed by atoms with van der Waals surface area (Å²) in [5, 5.41) is 15.3. The Hall–Kier alpha value is -1.79. The van der Waals surface area contributed by atoms with Crippen LogP contribution in [-0.2, 0) is 11.2 Å². The summed E-state index contributed by atoms with van der Waals surface area (Å²) in [6.07, 6.45) is 4.08. The number of amides is 1. The second kappa shape index (κ2) is 8.00. The standard InChI is InChI=1S/C16H21N3O2S/c1-3-11(2)14(20)9-18-15(21)7-13-10-22-16(19-13)12-5-4-6-17-8-12/h4-6,8,10-11,14,20H,3,7,9H2,1-2H3,(H,18,21). The lowest BCUT2D eigenvalue weighted by Gasteiger charge is -2.17. The highest BCUT2D eigenvalue weighted by Crippen LogP contribution is 2.22. The lowest BCUT2D eigenvalue weighted by atomic mass is 10.0. The van der Waals surface area contributed by atoms with Crippen molar-refractivity contribution in [2.75, 3.05) is 6.54 Å². The molecule has 2 atom stereocenters. The van der Waals surface area contributed by atoms with Crippen molar-refractivity contribution in [1.82, 2.24) is 15.3 Å². The molecule has 0 saturated heterocycles. The van der Waals surface area contributed by atoms with Gasteiger partial charge in [-0.05, 0) is 18.1 Å². The maximum absolute atomic E-state index is 11.9. The minimum absolute atomic E-state index is 0.120. The maximum atomic E-state index is 11.9. The summed E-state index contributed by atoms with van der Waals surface area (Å²) in [6, 6.07) is 3.80. The van der Waals surface area contributed by atoms with Crippen molar-refractivity contribution in [1.29, 1.82) is 0 Å². The lowest BCUT2D eigenvalue weighted by molar-refractivity contribution is -0.121. The summed E-state index contributed by atoms with van der Waals surface area (Å²) in [6.45, 7) is 4.27. The first-order valence-corrected chi connectivity index (χ1v) is 8.27. The van der Waals surface area contributed by atoms with Crippen LogP contribution in [0.25, 0.3) is 10.6 Å². The molecule has 2 N–H and O–H groups in total. The highest BCUT2D eigenvalue weighted by Gasteiger charge is 2.14. The van der Waals surface area contributed by atoms with Crippen LogP contribution in [0.15, 0.2) is 29.9 Å². The molecule has 0 radical (unpaired) electrons. The summed E-state index contributed by atoms with van der Waals surface area (Å²) >= 11 is 1.50. The summed E-state index contributed by atoms with van der Waals surface area (Å²) in [4.78, 5) is 20.4. The van der Waals surface area contributed by atoms with E-state index in [1.807, 2.05) is 31.4 Å². The molecule has 0 bridgehead atoms. The van der Waals surface area contributed by atoms with Crippen LogP contribution in [-0.4, -0.2) is 33.6 Å². The van der Waals surface area contributed by atoms with E-state index in [-0.39, 0.29) is 24.8 Å². The number of thiazole rings is 1. The number of nitrogens with one attached hydrogen (secondary N) is 1. The molecule has 0 spiro atoms. The van der Waals surface area contributed by atoms with E-state index >= 15 is 0 Å². The van der Waals surface area contributed by atoms with Crippen molar-refractivity contribution < 1.29 is 9.90 Å². The van der Waals surface area contributed by atoms with Gasteiger partial charge < -0.3 is 10.4 Å². The normalized spacial score (nSPS) is 13.6. The SMILES string of the molecule is CCC(C)C(O)CNC(=O)Cc1csc(-c2cccnc2)n1. The second-order valence-electron chi connectivity index (χ2n) is 5.32. The molecule has 0 aliphatic heterocycles. The summed E-state index contributed by atoms with van der Waals surface area (Å²) in [5.41, 5.74) is 1.69. The molecule has 0 aliphatic rings. The second-order valence-corrected chi connectivity index (χ2v) is 6.18. The molecular weight excluding hydrogens is 298 g/mol. The van der Waals surface area contributed by atoms with Gasteiger partial charge in [0.1, 0.15) is 5.01 Å². The van der Waals surface area contributed by atoms with E-state index in [0.717, 1.165) is 22.7 Å². The van der Waals surface area contributed by atoms with Crippen LogP contribution in [0, 0.1) is 5.92 Å². The van der Waals surface area contributed by atoms with Crippen LogP contribution in [0.3, 0.4) is 0 Å². The first kappa shape index (κ1) is 16.6. The van der Waals surface area contributed by atoms with E-state index in [1.54, 1.807) is 12.4 Å². The average molecular weight is 319 g/mol. The van der Waals surface area contributed by atoms with Crippen molar-refractivity contribution in [2.45, 2.75) is 32.8 Å². The van der Waals surface area contributed by atoms with Crippen LogP contribution in [0.2, 0.25) is 0 Å². The van der Waals surface area contributed by atoms with Crippen molar-refractivity contribution >= 4 is 17.2 Å². The molecule has 2 aromatic rings. The van der Waals surface area contributed by atoms with Gasteiger partial charge in [0, 0.05) is 29.9 Å². The van der Waals surface area contributed by atoms with E-state index in [0.29, 0.717) is 0 Å². The first-order valence-electron chi connectivity index (χ1n) is 7.39.